The zero-order valence-electron chi connectivity index (χ0n) is 10.3. The van der Waals surface area contributed by atoms with Gasteiger partial charge in [-0.3, -0.25) is 0 Å². The van der Waals surface area contributed by atoms with Crippen LogP contribution in [0.5, 0.6) is 0 Å². The first-order valence-corrected chi connectivity index (χ1v) is 7.77. The summed E-state index contributed by atoms with van der Waals surface area (Å²) in [6.45, 7) is 0.325. The first-order valence-electron chi connectivity index (χ1n) is 5.82. The van der Waals surface area contributed by atoms with Gasteiger partial charge < -0.3 is 15.3 Å². The van der Waals surface area contributed by atoms with Gasteiger partial charge in [-0.25, -0.2) is 14.0 Å². The van der Waals surface area contributed by atoms with Gasteiger partial charge in [0.1, 0.15) is 11.9 Å². The number of halogens is 2. The summed E-state index contributed by atoms with van der Waals surface area (Å²) in [5.74, 6) is -0.624. The number of carbonyl (C=O) groups excluding carboxylic acids is 1. The largest absolute Gasteiger partial charge is 0.480 e. The molecule has 20 heavy (non-hydrogen) atoms. The SMILES string of the molecule is O=C(O)C1CSCCN1C(=O)Nc1ccc(Br)cc1F. The van der Waals surface area contributed by atoms with Crippen molar-refractivity contribution in [3.8, 4) is 0 Å². The highest BCUT2D eigenvalue weighted by Gasteiger charge is 2.32. The number of amides is 2. The number of carboxylic acid groups (broad SMARTS) is 1. The first kappa shape index (κ1) is 15.1. The zero-order chi connectivity index (χ0) is 14.7. The van der Waals surface area contributed by atoms with Gasteiger partial charge >= 0.3 is 12.0 Å². The van der Waals surface area contributed by atoms with Crippen molar-refractivity contribution in [1.29, 1.82) is 0 Å². The van der Waals surface area contributed by atoms with E-state index in [2.05, 4.69) is 21.2 Å². The maximum absolute atomic E-state index is 13.7. The molecule has 2 rings (SSSR count). The van der Waals surface area contributed by atoms with Crippen LogP contribution in [0.3, 0.4) is 0 Å². The van der Waals surface area contributed by atoms with Gasteiger partial charge in [-0.05, 0) is 18.2 Å². The fraction of sp³-hybridized carbons (Fsp3) is 0.333. The molecule has 1 aliphatic rings. The molecule has 1 aromatic rings. The monoisotopic (exact) mass is 362 g/mol. The van der Waals surface area contributed by atoms with Crippen LogP contribution in [-0.4, -0.2) is 46.1 Å². The quantitative estimate of drug-likeness (QED) is 0.848. The predicted molar refractivity (Wildman–Crippen MR) is 78.6 cm³/mol. The van der Waals surface area contributed by atoms with Crippen molar-refractivity contribution in [2.45, 2.75) is 6.04 Å². The lowest BCUT2D eigenvalue weighted by Crippen LogP contribution is -2.51. The molecule has 1 unspecified atom stereocenters. The molecule has 5 nitrogen and oxygen atoms in total. The van der Waals surface area contributed by atoms with Gasteiger partial charge in [0.2, 0.25) is 0 Å². The molecular weight excluding hydrogens is 351 g/mol. The lowest BCUT2D eigenvalue weighted by Gasteiger charge is -2.32. The molecule has 0 aliphatic carbocycles. The number of aliphatic carboxylic acids is 1. The molecule has 0 radical (unpaired) electrons. The maximum atomic E-state index is 13.7. The van der Waals surface area contributed by atoms with E-state index in [0.29, 0.717) is 22.5 Å². The standard InChI is InChI=1S/C12H12BrFN2O3S/c13-7-1-2-9(8(14)5-7)15-12(19)16-3-4-20-6-10(16)11(17)18/h1-2,5,10H,3-4,6H2,(H,15,19)(H,17,18). The number of carbonyl (C=O) groups is 2. The van der Waals surface area contributed by atoms with Crippen molar-refractivity contribution in [3.05, 3.63) is 28.5 Å². The number of thioether (sulfide) groups is 1. The highest BCUT2D eigenvalue weighted by atomic mass is 79.9. The van der Waals surface area contributed by atoms with Gasteiger partial charge in [-0.1, -0.05) is 15.9 Å². The summed E-state index contributed by atoms with van der Waals surface area (Å²) in [6.07, 6.45) is 0. The summed E-state index contributed by atoms with van der Waals surface area (Å²) >= 11 is 4.61. The fourth-order valence-corrected chi connectivity index (χ4v) is 3.20. The average Bonchev–Trinajstić information content (AvgIpc) is 2.41. The Morgan fingerprint density at radius 3 is 2.90 bits per heavy atom. The van der Waals surface area contributed by atoms with Crippen LogP contribution in [0.25, 0.3) is 0 Å². The van der Waals surface area contributed by atoms with Gasteiger partial charge in [0.25, 0.3) is 0 Å². The average molecular weight is 363 g/mol. The van der Waals surface area contributed by atoms with Crippen LogP contribution < -0.4 is 5.32 Å². The summed E-state index contributed by atoms with van der Waals surface area (Å²) in [7, 11) is 0. The van der Waals surface area contributed by atoms with Crippen LogP contribution in [0.2, 0.25) is 0 Å². The Morgan fingerprint density at radius 1 is 1.50 bits per heavy atom. The summed E-state index contributed by atoms with van der Waals surface area (Å²) < 4.78 is 14.2. The third kappa shape index (κ3) is 3.43. The van der Waals surface area contributed by atoms with E-state index in [0.717, 1.165) is 0 Å². The predicted octanol–water partition coefficient (Wildman–Crippen LogP) is 2.62. The maximum Gasteiger partial charge on any atom is 0.327 e. The van der Waals surface area contributed by atoms with E-state index in [1.807, 2.05) is 0 Å². The first-order chi connectivity index (χ1) is 9.49. The van der Waals surface area contributed by atoms with Crippen molar-refractivity contribution in [3.63, 3.8) is 0 Å². The summed E-state index contributed by atoms with van der Waals surface area (Å²) in [6, 6.07) is 2.77. The van der Waals surface area contributed by atoms with Crippen LogP contribution >= 0.6 is 27.7 Å². The van der Waals surface area contributed by atoms with Gasteiger partial charge in [0, 0.05) is 22.5 Å². The highest BCUT2D eigenvalue weighted by molar-refractivity contribution is 9.10. The molecule has 8 heteroatoms. The number of rotatable bonds is 2. The molecule has 2 amide bonds. The van der Waals surface area contributed by atoms with E-state index < -0.39 is 23.9 Å². The Labute approximate surface area is 127 Å². The minimum atomic E-state index is -1.05. The van der Waals surface area contributed by atoms with Crippen molar-refractivity contribution >= 4 is 45.4 Å². The van der Waals surface area contributed by atoms with Crippen LogP contribution in [0.1, 0.15) is 0 Å². The second-order valence-corrected chi connectivity index (χ2v) is 6.24. The topological polar surface area (TPSA) is 69.6 Å². The Morgan fingerprint density at radius 2 is 2.25 bits per heavy atom. The Kier molecular flexibility index (Phi) is 4.87. The van der Waals surface area contributed by atoms with Gasteiger partial charge in [-0.15, -0.1) is 0 Å². The number of hydrogen-bond donors (Lipinski definition) is 2. The lowest BCUT2D eigenvalue weighted by molar-refractivity contribution is -0.141. The number of nitrogens with zero attached hydrogens (tertiary/aromatic N) is 1. The van der Waals surface area contributed by atoms with E-state index in [-0.39, 0.29) is 5.69 Å². The minimum absolute atomic E-state index is 0.0283. The molecule has 0 aromatic heterocycles. The molecule has 1 aliphatic heterocycles. The number of benzene rings is 1. The van der Waals surface area contributed by atoms with E-state index in [1.54, 1.807) is 6.07 Å². The lowest BCUT2D eigenvalue weighted by atomic mass is 10.2. The molecule has 1 saturated heterocycles. The van der Waals surface area contributed by atoms with Crippen LogP contribution in [0.15, 0.2) is 22.7 Å². The Hall–Kier alpha value is -1.28. The van der Waals surface area contributed by atoms with Gasteiger partial charge in [0.15, 0.2) is 0 Å². The van der Waals surface area contributed by atoms with Crippen molar-refractivity contribution in [2.24, 2.45) is 0 Å². The third-order valence-corrected chi connectivity index (χ3v) is 4.36. The molecular formula is C12H12BrFN2O3S. The normalized spacial score (nSPS) is 18.7. The van der Waals surface area contributed by atoms with Crippen LogP contribution in [0.4, 0.5) is 14.9 Å². The minimum Gasteiger partial charge on any atom is -0.480 e. The molecule has 1 fully saturated rings. The summed E-state index contributed by atoms with van der Waals surface area (Å²) in [4.78, 5) is 24.4. The van der Waals surface area contributed by atoms with Crippen LogP contribution in [0, 0.1) is 5.82 Å². The molecule has 0 bridgehead atoms. The summed E-state index contributed by atoms with van der Waals surface area (Å²) in [5.41, 5.74) is 0.0283. The molecule has 0 saturated carbocycles. The molecule has 1 aromatic carbocycles. The van der Waals surface area contributed by atoms with Gasteiger partial charge in [-0.2, -0.15) is 11.8 Å². The third-order valence-electron chi connectivity index (χ3n) is 2.85. The van der Waals surface area contributed by atoms with Crippen LogP contribution in [-0.2, 0) is 4.79 Å². The second kappa shape index (κ2) is 6.45. The number of anilines is 1. The number of hydrogen-bond acceptors (Lipinski definition) is 3. The molecule has 108 valence electrons. The number of urea groups is 1. The molecule has 1 atom stereocenters. The smallest absolute Gasteiger partial charge is 0.327 e. The summed E-state index contributed by atoms with van der Waals surface area (Å²) in [5, 5.41) is 11.5. The number of carboxylic acids is 1. The zero-order valence-corrected chi connectivity index (χ0v) is 12.7. The van der Waals surface area contributed by atoms with E-state index in [9.17, 15) is 14.0 Å². The van der Waals surface area contributed by atoms with E-state index >= 15 is 0 Å². The molecule has 0 spiro atoms. The Balaban J connectivity index is 2.12. The molecule has 1 heterocycles. The van der Waals surface area contributed by atoms with Crippen molar-refractivity contribution in [1.82, 2.24) is 4.90 Å². The highest BCUT2D eigenvalue weighted by Crippen LogP contribution is 2.22. The fourth-order valence-electron chi connectivity index (χ4n) is 1.83. The van der Waals surface area contributed by atoms with Crippen molar-refractivity contribution < 1.29 is 19.1 Å². The molecule has 2 N–H and O–H groups in total. The Bertz CT molecular complexity index is 543. The second-order valence-electron chi connectivity index (χ2n) is 4.18. The van der Waals surface area contributed by atoms with Gasteiger partial charge in [0.05, 0.1) is 5.69 Å². The van der Waals surface area contributed by atoms with E-state index in [1.165, 1.54) is 28.8 Å². The van der Waals surface area contributed by atoms with Crippen molar-refractivity contribution in [2.75, 3.05) is 23.4 Å². The van der Waals surface area contributed by atoms with E-state index in [4.69, 9.17) is 5.11 Å². The number of nitrogens with one attached hydrogen (secondary N) is 1.